The van der Waals surface area contributed by atoms with E-state index in [0.717, 1.165) is 30.7 Å². The van der Waals surface area contributed by atoms with Crippen LogP contribution in [0.15, 0.2) is 36.4 Å². The summed E-state index contributed by atoms with van der Waals surface area (Å²) in [6.45, 7) is 0.149. The minimum Gasteiger partial charge on any atom is -0.495 e. The van der Waals surface area contributed by atoms with Crippen LogP contribution in [0.1, 0.15) is 19.3 Å². The third-order valence-electron chi connectivity index (χ3n) is 3.52. The number of allylic oxidation sites excluding steroid dienone is 2. The minimum absolute atomic E-state index is 0.0891. The zero-order chi connectivity index (χ0) is 12.8. The normalized spacial score (nSPS) is 20.4. The van der Waals surface area contributed by atoms with Crippen molar-refractivity contribution in [2.45, 2.75) is 25.3 Å². The maximum absolute atomic E-state index is 9.58. The maximum atomic E-state index is 9.58. The van der Waals surface area contributed by atoms with E-state index < -0.39 is 0 Å². The molecule has 2 rings (SSSR count). The number of ether oxygens (including phenoxy) is 1. The molecule has 1 aliphatic rings. The van der Waals surface area contributed by atoms with Crippen LogP contribution in [0.25, 0.3) is 0 Å². The van der Waals surface area contributed by atoms with Crippen molar-refractivity contribution in [2.24, 2.45) is 5.92 Å². The monoisotopic (exact) mass is 247 g/mol. The van der Waals surface area contributed by atoms with Gasteiger partial charge < -0.3 is 15.2 Å². The van der Waals surface area contributed by atoms with Gasteiger partial charge in [0.1, 0.15) is 5.75 Å². The maximum Gasteiger partial charge on any atom is 0.141 e. The lowest BCUT2D eigenvalue weighted by molar-refractivity contribution is 0.230. The zero-order valence-corrected chi connectivity index (χ0v) is 10.8. The van der Waals surface area contributed by atoms with Crippen LogP contribution in [0.4, 0.5) is 5.69 Å². The zero-order valence-electron chi connectivity index (χ0n) is 10.8. The molecule has 2 unspecified atom stereocenters. The van der Waals surface area contributed by atoms with E-state index in [2.05, 4.69) is 17.5 Å². The predicted molar refractivity (Wildman–Crippen MR) is 74.0 cm³/mol. The first-order chi connectivity index (χ1) is 8.85. The predicted octanol–water partition coefficient (Wildman–Crippen LogP) is 2.82. The van der Waals surface area contributed by atoms with Gasteiger partial charge in [0, 0.05) is 0 Å². The molecule has 3 heteroatoms. The fourth-order valence-corrected chi connectivity index (χ4v) is 2.46. The summed E-state index contributed by atoms with van der Waals surface area (Å²) in [4.78, 5) is 0. The Morgan fingerprint density at radius 1 is 1.39 bits per heavy atom. The highest BCUT2D eigenvalue weighted by Gasteiger charge is 2.21. The average molecular weight is 247 g/mol. The Balaban J connectivity index is 2.07. The average Bonchev–Trinajstić information content (AvgIpc) is 2.46. The number of anilines is 1. The standard InChI is InChI=1S/C15H21NO2/c1-18-15-10-6-5-9-13(15)16-14(11-17)12-7-3-2-4-8-12/h2-3,5-6,9-10,12,14,16-17H,4,7-8,11H2,1H3. The number of aliphatic hydroxyl groups excluding tert-OH is 1. The highest BCUT2D eigenvalue weighted by Crippen LogP contribution is 2.28. The van der Waals surface area contributed by atoms with Gasteiger partial charge in [0.15, 0.2) is 0 Å². The van der Waals surface area contributed by atoms with Crippen molar-refractivity contribution in [3.8, 4) is 5.75 Å². The van der Waals surface area contributed by atoms with E-state index in [1.807, 2.05) is 24.3 Å². The molecule has 1 aromatic rings. The van der Waals surface area contributed by atoms with Crippen molar-refractivity contribution in [3.63, 3.8) is 0 Å². The molecule has 3 nitrogen and oxygen atoms in total. The third-order valence-corrected chi connectivity index (χ3v) is 3.52. The number of para-hydroxylation sites is 2. The van der Waals surface area contributed by atoms with Crippen LogP contribution in [-0.4, -0.2) is 24.9 Å². The second kappa shape index (κ2) is 6.45. The molecule has 1 aromatic carbocycles. The van der Waals surface area contributed by atoms with Gasteiger partial charge in [-0.3, -0.25) is 0 Å². The summed E-state index contributed by atoms with van der Waals surface area (Å²) in [7, 11) is 1.66. The van der Waals surface area contributed by atoms with Crippen LogP contribution in [0.2, 0.25) is 0 Å². The van der Waals surface area contributed by atoms with Crippen molar-refractivity contribution in [1.82, 2.24) is 0 Å². The molecular formula is C15H21NO2. The number of hydrogen-bond donors (Lipinski definition) is 2. The van der Waals surface area contributed by atoms with Gasteiger partial charge >= 0.3 is 0 Å². The van der Waals surface area contributed by atoms with Gasteiger partial charge in [-0.05, 0) is 37.3 Å². The molecule has 1 aliphatic carbocycles. The molecule has 0 spiro atoms. The van der Waals surface area contributed by atoms with E-state index in [0.29, 0.717) is 5.92 Å². The lowest BCUT2D eigenvalue weighted by atomic mass is 9.88. The molecular weight excluding hydrogens is 226 g/mol. The van der Waals surface area contributed by atoms with Crippen LogP contribution in [-0.2, 0) is 0 Å². The molecule has 0 bridgehead atoms. The number of hydrogen-bond acceptors (Lipinski definition) is 3. The quantitative estimate of drug-likeness (QED) is 0.786. The fraction of sp³-hybridized carbons (Fsp3) is 0.467. The van der Waals surface area contributed by atoms with Gasteiger partial charge in [-0.15, -0.1) is 0 Å². The number of benzene rings is 1. The Morgan fingerprint density at radius 2 is 2.22 bits per heavy atom. The van der Waals surface area contributed by atoms with Crippen molar-refractivity contribution in [1.29, 1.82) is 0 Å². The van der Waals surface area contributed by atoms with Crippen molar-refractivity contribution < 1.29 is 9.84 Å². The largest absolute Gasteiger partial charge is 0.495 e. The van der Waals surface area contributed by atoms with E-state index >= 15 is 0 Å². The highest BCUT2D eigenvalue weighted by molar-refractivity contribution is 5.56. The van der Waals surface area contributed by atoms with Gasteiger partial charge in [0.2, 0.25) is 0 Å². The van der Waals surface area contributed by atoms with Crippen molar-refractivity contribution >= 4 is 5.69 Å². The molecule has 0 saturated carbocycles. The first-order valence-electron chi connectivity index (χ1n) is 6.50. The Kier molecular flexibility index (Phi) is 4.65. The van der Waals surface area contributed by atoms with Crippen LogP contribution >= 0.6 is 0 Å². The lowest BCUT2D eigenvalue weighted by Crippen LogP contribution is -2.33. The van der Waals surface area contributed by atoms with E-state index in [-0.39, 0.29) is 12.6 Å². The Labute approximate surface area is 108 Å². The smallest absolute Gasteiger partial charge is 0.141 e. The highest BCUT2D eigenvalue weighted by atomic mass is 16.5. The summed E-state index contributed by atoms with van der Waals surface area (Å²) in [5.41, 5.74) is 0.952. The van der Waals surface area contributed by atoms with Gasteiger partial charge in [0.25, 0.3) is 0 Å². The second-order valence-electron chi connectivity index (χ2n) is 4.68. The summed E-state index contributed by atoms with van der Waals surface area (Å²) < 4.78 is 5.32. The van der Waals surface area contributed by atoms with Crippen LogP contribution in [0.5, 0.6) is 5.75 Å². The van der Waals surface area contributed by atoms with E-state index in [4.69, 9.17) is 4.74 Å². The fourth-order valence-electron chi connectivity index (χ4n) is 2.46. The number of methoxy groups -OCH3 is 1. The van der Waals surface area contributed by atoms with Gasteiger partial charge in [-0.2, -0.15) is 0 Å². The molecule has 0 amide bonds. The number of rotatable bonds is 5. The first-order valence-corrected chi connectivity index (χ1v) is 6.50. The van der Waals surface area contributed by atoms with Gasteiger partial charge in [-0.25, -0.2) is 0 Å². The lowest BCUT2D eigenvalue weighted by Gasteiger charge is -2.28. The summed E-state index contributed by atoms with van der Waals surface area (Å²) in [6, 6.07) is 7.92. The molecule has 0 radical (unpaired) electrons. The number of nitrogens with one attached hydrogen (secondary N) is 1. The molecule has 0 fully saturated rings. The summed E-state index contributed by atoms with van der Waals surface area (Å²) in [6.07, 6.45) is 7.70. The SMILES string of the molecule is COc1ccccc1NC(CO)C1CC=CCC1. The molecule has 0 heterocycles. The summed E-state index contributed by atoms with van der Waals surface area (Å²) >= 11 is 0. The molecule has 98 valence electrons. The molecule has 2 N–H and O–H groups in total. The second-order valence-corrected chi connectivity index (χ2v) is 4.68. The van der Waals surface area contributed by atoms with E-state index in [1.165, 1.54) is 0 Å². The Hall–Kier alpha value is -1.48. The van der Waals surface area contributed by atoms with E-state index in [1.54, 1.807) is 7.11 Å². The Morgan fingerprint density at radius 3 is 2.89 bits per heavy atom. The number of aliphatic hydroxyl groups is 1. The van der Waals surface area contributed by atoms with Crippen molar-refractivity contribution in [3.05, 3.63) is 36.4 Å². The summed E-state index contributed by atoms with van der Waals surface area (Å²) in [5.74, 6) is 1.31. The molecule has 2 atom stereocenters. The topological polar surface area (TPSA) is 41.5 Å². The van der Waals surface area contributed by atoms with Gasteiger partial charge in [-0.1, -0.05) is 24.3 Å². The minimum atomic E-state index is 0.0891. The first kappa shape index (κ1) is 13.0. The molecule has 18 heavy (non-hydrogen) atoms. The Bertz CT molecular complexity index is 403. The van der Waals surface area contributed by atoms with Crippen molar-refractivity contribution in [2.75, 3.05) is 19.0 Å². The van der Waals surface area contributed by atoms with Crippen LogP contribution < -0.4 is 10.1 Å². The van der Waals surface area contributed by atoms with Gasteiger partial charge in [0.05, 0.1) is 25.4 Å². The van der Waals surface area contributed by atoms with Crippen LogP contribution in [0.3, 0.4) is 0 Å². The molecule has 0 saturated heterocycles. The molecule has 0 aliphatic heterocycles. The van der Waals surface area contributed by atoms with E-state index in [9.17, 15) is 5.11 Å². The van der Waals surface area contributed by atoms with Crippen LogP contribution in [0, 0.1) is 5.92 Å². The summed E-state index contributed by atoms with van der Waals surface area (Å²) in [5, 5.41) is 13.0. The third kappa shape index (κ3) is 3.05. The molecule has 0 aromatic heterocycles.